The maximum atomic E-state index is 13.6. The first-order valence-electron chi connectivity index (χ1n) is 9.69. The Morgan fingerprint density at radius 1 is 1.07 bits per heavy atom. The minimum absolute atomic E-state index is 0.250. The predicted octanol–water partition coefficient (Wildman–Crippen LogP) is 2.55. The summed E-state index contributed by atoms with van der Waals surface area (Å²) in [5.41, 5.74) is -0.398. The standard InChI is InChI=1S/C22H20N2O6/c1-12(25)17-16(15-9-6-10-28-15)22(19(26)29-21(2,3)30-20(22)27)18-14-8-5-4-7-13(14)11-23-24(17)18/h4-11,16-18H,1-3H3/t16-,17-,18+/m0/s1. The number of cyclic esters (lactones) is 2. The lowest BCUT2D eigenvalue weighted by atomic mass is 9.67. The van der Waals surface area contributed by atoms with E-state index in [-0.39, 0.29) is 5.78 Å². The van der Waals surface area contributed by atoms with E-state index in [0.29, 0.717) is 11.3 Å². The van der Waals surface area contributed by atoms with Gasteiger partial charge in [-0.25, -0.2) is 0 Å². The number of carbonyl (C=O) groups is 3. The van der Waals surface area contributed by atoms with E-state index in [0.717, 1.165) is 5.56 Å². The molecule has 0 radical (unpaired) electrons. The molecule has 0 N–H and O–H groups in total. The molecular formula is C22H20N2O6. The number of ketones is 1. The van der Waals surface area contributed by atoms with Gasteiger partial charge in [0.25, 0.3) is 5.79 Å². The number of ether oxygens (including phenoxy) is 2. The average molecular weight is 408 g/mol. The van der Waals surface area contributed by atoms with Crippen LogP contribution in [0.5, 0.6) is 0 Å². The number of hydrogen-bond donors (Lipinski definition) is 0. The van der Waals surface area contributed by atoms with Gasteiger partial charge < -0.3 is 13.9 Å². The molecule has 30 heavy (non-hydrogen) atoms. The zero-order valence-corrected chi connectivity index (χ0v) is 16.7. The van der Waals surface area contributed by atoms with Crippen LogP contribution in [-0.2, 0) is 23.9 Å². The molecular weight excluding hydrogens is 388 g/mol. The molecule has 3 aliphatic heterocycles. The normalized spacial score (nSPS) is 28.0. The summed E-state index contributed by atoms with van der Waals surface area (Å²) in [5.74, 6) is -3.81. The number of esters is 2. The molecule has 2 aromatic rings. The van der Waals surface area contributed by atoms with Gasteiger partial charge in [-0.3, -0.25) is 19.4 Å². The number of benzene rings is 1. The minimum atomic E-state index is -1.85. The molecule has 0 amide bonds. The Morgan fingerprint density at radius 2 is 1.77 bits per heavy atom. The Morgan fingerprint density at radius 3 is 2.40 bits per heavy atom. The smallest absolute Gasteiger partial charge is 0.330 e. The van der Waals surface area contributed by atoms with Gasteiger partial charge in [0.1, 0.15) is 17.8 Å². The molecule has 0 aliphatic carbocycles. The minimum Gasteiger partial charge on any atom is -0.469 e. The summed E-state index contributed by atoms with van der Waals surface area (Å²) >= 11 is 0. The highest BCUT2D eigenvalue weighted by molar-refractivity contribution is 6.06. The van der Waals surface area contributed by atoms with Crippen molar-refractivity contribution in [3.63, 3.8) is 0 Å². The monoisotopic (exact) mass is 408 g/mol. The molecule has 3 aliphatic rings. The fraction of sp³-hybridized carbons (Fsp3) is 0.364. The molecule has 1 spiro atoms. The van der Waals surface area contributed by atoms with Crippen molar-refractivity contribution < 1.29 is 28.3 Å². The number of hydrazone groups is 1. The van der Waals surface area contributed by atoms with Crippen LogP contribution >= 0.6 is 0 Å². The zero-order chi connectivity index (χ0) is 21.3. The Balaban J connectivity index is 1.83. The second-order valence-electron chi connectivity index (χ2n) is 8.25. The number of Topliss-reactive ketones (excluding diaryl/α,β-unsaturated/α-hetero) is 1. The van der Waals surface area contributed by atoms with Gasteiger partial charge in [-0.2, -0.15) is 5.10 Å². The van der Waals surface area contributed by atoms with E-state index < -0.39 is 41.1 Å². The van der Waals surface area contributed by atoms with Gasteiger partial charge in [0, 0.05) is 13.8 Å². The molecule has 8 nitrogen and oxygen atoms in total. The van der Waals surface area contributed by atoms with Gasteiger partial charge in [0.05, 0.1) is 18.4 Å². The van der Waals surface area contributed by atoms with Crippen molar-refractivity contribution in [2.45, 2.75) is 44.6 Å². The molecule has 0 saturated carbocycles. The van der Waals surface area contributed by atoms with Crippen molar-refractivity contribution in [1.82, 2.24) is 5.01 Å². The van der Waals surface area contributed by atoms with Crippen LogP contribution in [-0.4, -0.2) is 40.8 Å². The number of carbonyl (C=O) groups excluding carboxylic acids is 3. The lowest BCUT2D eigenvalue weighted by Crippen LogP contribution is -2.58. The second-order valence-corrected chi connectivity index (χ2v) is 8.25. The van der Waals surface area contributed by atoms with Crippen molar-refractivity contribution in [2.75, 3.05) is 0 Å². The van der Waals surface area contributed by atoms with Gasteiger partial charge in [-0.05, 0) is 30.2 Å². The molecule has 3 atom stereocenters. The van der Waals surface area contributed by atoms with Crippen LogP contribution < -0.4 is 0 Å². The van der Waals surface area contributed by atoms with E-state index in [2.05, 4.69) is 5.10 Å². The van der Waals surface area contributed by atoms with Gasteiger partial charge >= 0.3 is 11.9 Å². The summed E-state index contributed by atoms with van der Waals surface area (Å²) in [4.78, 5) is 40.1. The van der Waals surface area contributed by atoms with Gasteiger partial charge in [-0.15, -0.1) is 0 Å². The Hall–Kier alpha value is -3.42. The molecule has 8 heteroatoms. The third kappa shape index (κ3) is 2.27. The number of nitrogens with zero attached hydrogens (tertiary/aromatic N) is 2. The highest BCUT2D eigenvalue weighted by atomic mass is 16.7. The average Bonchev–Trinajstić information content (AvgIpc) is 3.30. The van der Waals surface area contributed by atoms with Crippen LogP contribution in [0, 0.1) is 5.41 Å². The summed E-state index contributed by atoms with van der Waals surface area (Å²) in [6, 6.07) is 8.84. The predicted molar refractivity (Wildman–Crippen MR) is 103 cm³/mol. The molecule has 1 aromatic heterocycles. The van der Waals surface area contributed by atoms with Crippen LogP contribution in [0.1, 0.15) is 49.6 Å². The van der Waals surface area contributed by atoms with E-state index in [1.807, 2.05) is 24.3 Å². The van der Waals surface area contributed by atoms with Crippen molar-refractivity contribution >= 4 is 23.9 Å². The van der Waals surface area contributed by atoms with Crippen molar-refractivity contribution in [1.29, 1.82) is 0 Å². The fourth-order valence-electron chi connectivity index (χ4n) is 4.94. The Bertz CT molecular complexity index is 1070. The lowest BCUT2D eigenvalue weighted by Gasteiger charge is -2.43. The molecule has 0 unspecified atom stereocenters. The first kappa shape index (κ1) is 18.6. The molecule has 0 bridgehead atoms. The highest BCUT2D eigenvalue weighted by Gasteiger charge is 2.75. The zero-order valence-electron chi connectivity index (χ0n) is 16.7. The number of furan rings is 1. The summed E-state index contributed by atoms with van der Waals surface area (Å²) in [6.07, 6.45) is 3.07. The van der Waals surface area contributed by atoms with Gasteiger partial charge in [0.2, 0.25) is 5.41 Å². The van der Waals surface area contributed by atoms with Gasteiger partial charge in [0.15, 0.2) is 5.78 Å². The third-order valence-corrected chi connectivity index (χ3v) is 6.03. The van der Waals surface area contributed by atoms with Crippen LogP contribution in [0.15, 0.2) is 52.2 Å². The van der Waals surface area contributed by atoms with E-state index in [1.54, 1.807) is 18.3 Å². The topological polar surface area (TPSA) is 98.4 Å². The Kier molecular flexibility index (Phi) is 3.75. The summed E-state index contributed by atoms with van der Waals surface area (Å²) in [6.45, 7) is 4.41. The van der Waals surface area contributed by atoms with E-state index in [4.69, 9.17) is 13.9 Å². The summed E-state index contributed by atoms with van der Waals surface area (Å²) < 4.78 is 16.8. The molecule has 2 saturated heterocycles. The Labute approximate surface area is 172 Å². The third-order valence-electron chi connectivity index (χ3n) is 6.03. The molecule has 154 valence electrons. The fourth-order valence-corrected chi connectivity index (χ4v) is 4.94. The molecule has 2 fully saturated rings. The molecule has 1 aromatic carbocycles. The van der Waals surface area contributed by atoms with Crippen molar-refractivity contribution in [2.24, 2.45) is 10.5 Å². The number of rotatable bonds is 2. The van der Waals surface area contributed by atoms with Crippen LogP contribution in [0.3, 0.4) is 0 Å². The number of hydrogen-bond acceptors (Lipinski definition) is 8. The SMILES string of the molecule is CC(=O)[C@H]1[C@H](c2ccco2)C2(C(=O)OC(C)(C)OC2=O)[C@H]2c3ccccc3C=NN12. The second kappa shape index (κ2) is 6.04. The highest BCUT2D eigenvalue weighted by Crippen LogP contribution is 2.62. The van der Waals surface area contributed by atoms with Gasteiger partial charge in [-0.1, -0.05) is 24.3 Å². The van der Waals surface area contributed by atoms with E-state index >= 15 is 0 Å². The maximum absolute atomic E-state index is 13.6. The number of fused-ring (bicyclic) bond motifs is 4. The van der Waals surface area contributed by atoms with Crippen molar-refractivity contribution in [3.05, 3.63) is 59.5 Å². The first-order chi connectivity index (χ1) is 14.3. The van der Waals surface area contributed by atoms with E-state index in [9.17, 15) is 14.4 Å². The van der Waals surface area contributed by atoms with Crippen LogP contribution in [0.4, 0.5) is 0 Å². The quantitative estimate of drug-likeness (QED) is 0.556. The lowest BCUT2D eigenvalue weighted by molar-refractivity contribution is -0.254. The molecule has 4 heterocycles. The molecule has 5 rings (SSSR count). The van der Waals surface area contributed by atoms with Crippen LogP contribution in [0.25, 0.3) is 0 Å². The maximum Gasteiger partial charge on any atom is 0.330 e. The van der Waals surface area contributed by atoms with Crippen LogP contribution in [0.2, 0.25) is 0 Å². The summed E-state index contributed by atoms with van der Waals surface area (Å²) in [5, 5.41) is 6.01. The first-order valence-corrected chi connectivity index (χ1v) is 9.69. The summed E-state index contributed by atoms with van der Waals surface area (Å²) in [7, 11) is 0. The largest absolute Gasteiger partial charge is 0.469 e. The van der Waals surface area contributed by atoms with Crippen molar-refractivity contribution in [3.8, 4) is 0 Å². The van der Waals surface area contributed by atoms with E-state index in [1.165, 1.54) is 32.0 Å².